The molecule has 2 N–H and O–H groups in total. The van der Waals surface area contributed by atoms with Crippen molar-refractivity contribution in [1.82, 2.24) is 4.98 Å². The minimum absolute atomic E-state index is 0.189. The molecule has 1 aromatic rings. The highest BCUT2D eigenvalue weighted by Gasteiger charge is 2.51. The monoisotopic (exact) mass is 464 g/mol. The highest BCUT2D eigenvalue weighted by atomic mass is 127. The van der Waals surface area contributed by atoms with Crippen LogP contribution in [0.4, 0.5) is 0 Å². The van der Waals surface area contributed by atoms with Crippen LogP contribution in [0.15, 0.2) is 35.4 Å². The Morgan fingerprint density at radius 3 is 2.55 bits per heavy atom. The molecule has 0 saturated heterocycles. The number of rotatable bonds is 2. The molecule has 2 rings (SSSR count). The predicted molar refractivity (Wildman–Crippen MR) is 89.5 cm³/mol. The van der Waals surface area contributed by atoms with Crippen LogP contribution in [-0.2, 0) is 14.8 Å². The summed E-state index contributed by atoms with van der Waals surface area (Å²) in [5.41, 5.74) is 0.340. The van der Waals surface area contributed by atoms with E-state index in [2.05, 4.69) is 4.98 Å². The molecule has 0 spiro atoms. The van der Waals surface area contributed by atoms with Crippen LogP contribution in [-0.4, -0.2) is 18.8 Å². The first-order valence-corrected chi connectivity index (χ1v) is 9.06. The molecule has 2 unspecified atom stereocenters. The summed E-state index contributed by atoms with van der Waals surface area (Å²) in [6.45, 7) is 0. The summed E-state index contributed by atoms with van der Waals surface area (Å²) in [5.74, 6) is 0. The number of nitrogens with two attached hydrogens (primary N) is 1. The van der Waals surface area contributed by atoms with E-state index in [1.807, 2.05) is 22.6 Å². The fraction of sp³-hybridized carbons (Fsp3) is 0.182. The van der Waals surface area contributed by atoms with E-state index in [-0.39, 0.29) is 10.2 Å². The maximum absolute atomic E-state index is 12.2. The van der Waals surface area contributed by atoms with Crippen molar-refractivity contribution in [1.29, 1.82) is 0 Å². The number of aromatic nitrogens is 1. The minimum Gasteiger partial charge on any atom is -0.230 e. The van der Waals surface area contributed by atoms with E-state index in [1.54, 1.807) is 0 Å². The molecule has 20 heavy (non-hydrogen) atoms. The second-order valence-electron chi connectivity index (χ2n) is 4.08. The summed E-state index contributed by atoms with van der Waals surface area (Å²) >= 11 is 19.9. The Kier molecular flexibility index (Phi) is 4.73. The van der Waals surface area contributed by atoms with Gasteiger partial charge in [-0.3, -0.25) is 0 Å². The largest absolute Gasteiger partial charge is 0.230 e. The number of hydrogen-bond acceptors (Lipinski definition) is 3. The second-order valence-corrected chi connectivity index (χ2v) is 8.13. The number of nitrogens with zero attached hydrogens (tertiary/aromatic N) is 1. The van der Waals surface area contributed by atoms with Crippen LogP contribution < -0.4 is 5.14 Å². The Bertz CT molecular complexity index is 720. The third-order valence-electron chi connectivity index (χ3n) is 2.92. The lowest BCUT2D eigenvalue weighted by atomic mass is 9.92. The molecule has 1 heterocycles. The molecular formula is C11H8Cl3IN2O2S. The summed E-state index contributed by atoms with van der Waals surface area (Å²) in [4.78, 5) is 4.04. The summed E-state index contributed by atoms with van der Waals surface area (Å²) in [6, 6.07) is 3.02. The predicted octanol–water partition coefficient (Wildman–Crippen LogP) is 3.12. The highest BCUT2D eigenvalue weighted by Crippen LogP contribution is 2.45. The van der Waals surface area contributed by atoms with E-state index >= 15 is 0 Å². The Labute approximate surface area is 145 Å². The molecule has 1 aliphatic carbocycles. The van der Waals surface area contributed by atoms with Crippen LogP contribution in [0.2, 0.25) is 5.15 Å². The first kappa shape index (κ1) is 16.5. The molecule has 0 amide bonds. The van der Waals surface area contributed by atoms with Crippen LogP contribution in [0.5, 0.6) is 0 Å². The highest BCUT2D eigenvalue weighted by molar-refractivity contribution is 14.1. The average Bonchev–Trinajstić information content (AvgIpc) is 2.32. The third-order valence-corrected chi connectivity index (χ3v) is 6.66. The Morgan fingerprint density at radius 2 is 2.00 bits per heavy atom. The number of sulfonamides is 1. The lowest BCUT2D eigenvalue weighted by Gasteiger charge is -2.35. The van der Waals surface area contributed by atoms with E-state index in [0.717, 1.165) is 0 Å². The Balaban J connectivity index is 2.80. The number of primary sulfonamides is 1. The number of halogens is 4. The first-order chi connectivity index (χ1) is 9.20. The topological polar surface area (TPSA) is 73.1 Å². The van der Waals surface area contributed by atoms with Crippen LogP contribution in [0.3, 0.4) is 0 Å². The molecule has 2 atom stereocenters. The van der Waals surface area contributed by atoms with Crippen LogP contribution >= 0.6 is 57.4 Å². The number of pyridine rings is 1. The van der Waals surface area contributed by atoms with Gasteiger partial charge in [0.2, 0.25) is 10.0 Å². The van der Waals surface area contributed by atoms with E-state index in [0.29, 0.717) is 9.26 Å². The van der Waals surface area contributed by atoms with Gasteiger partial charge in [0.05, 0.1) is 5.38 Å². The normalized spacial score (nSPS) is 26.4. The summed E-state index contributed by atoms with van der Waals surface area (Å²) in [5, 5.41) is 4.82. The molecule has 1 aromatic heterocycles. The van der Waals surface area contributed by atoms with Gasteiger partial charge < -0.3 is 0 Å². The van der Waals surface area contributed by atoms with Crippen LogP contribution in [0.25, 0.3) is 0 Å². The molecule has 0 saturated carbocycles. The quantitative estimate of drug-likeness (QED) is 0.414. The summed E-state index contributed by atoms with van der Waals surface area (Å²) in [7, 11) is -4.09. The van der Waals surface area contributed by atoms with Crippen molar-refractivity contribution in [2.75, 3.05) is 0 Å². The number of alkyl halides is 1. The molecule has 0 bridgehead atoms. The van der Waals surface area contributed by atoms with Crippen molar-refractivity contribution in [3.8, 4) is 0 Å². The first-order valence-electron chi connectivity index (χ1n) is 5.24. The third kappa shape index (κ3) is 2.62. The molecule has 4 nitrogen and oxygen atoms in total. The zero-order valence-corrected chi connectivity index (χ0v) is 15.0. The van der Waals surface area contributed by atoms with Gasteiger partial charge in [0.15, 0.2) is 4.75 Å². The van der Waals surface area contributed by atoms with Gasteiger partial charge in [-0.1, -0.05) is 41.4 Å². The van der Waals surface area contributed by atoms with E-state index in [9.17, 15) is 8.42 Å². The molecule has 0 aromatic carbocycles. The smallest absolute Gasteiger partial charge is 0.224 e. The van der Waals surface area contributed by atoms with Gasteiger partial charge in [-0.05, 0) is 34.7 Å². The van der Waals surface area contributed by atoms with E-state index in [4.69, 9.17) is 39.9 Å². The van der Waals surface area contributed by atoms with Crippen molar-refractivity contribution < 1.29 is 8.42 Å². The fourth-order valence-electron chi connectivity index (χ4n) is 1.98. The SMILES string of the molecule is NS(=O)(=O)C1(c2ccc(Cl)nc2I)C=CC=C(Cl)C1Cl. The average molecular weight is 466 g/mol. The van der Waals surface area contributed by atoms with Gasteiger partial charge in [-0.2, -0.15) is 0 Å². The van der Waals surface area contributed by atoms with Crippen LogP contribution in [0, 0.1) is 3.70 Å². The zero-order valence-electron chi connectivity index (χ0n) is 9.73. The fourth-order valence-corrected chi connectivity index (χ4v) is 5.44. The summed E-state index contributed by atoms with van der Waals surface area (Å²) < 4.78 is 23.1. The molecule has 9 heteroatoms. The molecule has 0 fully saturated rings. The Morgan fingerprint density at radius 1 is 1.35 bits per heavy atom. The molecule has 1 aliphatic rings. The number of hydrogen-bond donors (Lipinski definition) is 1. The maximum Gasteiger partial charge on any atom is 0.224 e. The van der Waals surface area contributed by atoms with Gasteiger partial charge in [0.1, 0.15) is 8.85 Å². The summed E-state index contributed by atoms with van der Waals surface area (Å²) in [6.07, 6.45) is 4.45. The number of allylic oxidation sites excluding steroid dienone is 3. The Hall–Kier alpha value is 0.140. The molecular weight excluding hydrogens is 457 g/mol. The van der Waals surface area contributed by atoms with E-state index < -0.39 is 20.1 Å². The van der Waals surface area contributed by atoms with Gasteiger partial charge >= 0.3 is 0 Å². The lowest BCUT2D eigenvalue weighted by molar-refractivity contribution is 0.558. The maximum atomic E-state index is 12.2. The zero-order chi connectivity index (χ0) is 15.1. The van der Waals surface area contributed by atoms with Crippen LogP contribution in [0.1, 0.15) is 5.56 Å². The van der Waals surface area contributed by atoms with Crippen molar-refractivity contribution in [2.24, 2.45) is 5.14 Å². The van der Waals surface area contributed by atoms with Crippen molar-refractivity contribution in [3.05, 3.63) is 49.8 Å². The molecule has 108 valence electrons. The van der Waals surface area contributed by atoms with Crippen molar-refractivity contribution in [3.63, 3.8) is 0 Å². The molecule has 0 radical (unpaired) electrons. The van der Waals surface area contributed by atoms with Crippen molar-refractivity contribution >= 4 is 67.4 Å². The molecule has 0 aliphatic heterocycles. The standard InChI is InChI=1S/C11H8Cl3IN2O2S/c12-7-2-1-5-11(9(7)14,20(16,18)19)6-3-4-8(13)17-10(6)15/h1-5,9H,(H2,16,18,19). The van der Waals surface area contributed by atoms with Gasteiger partial charge in [0, 0.05) is 10.6 Å². The van der Waals surface area contributed by atoms with Gasteiger partial charge in [0.25, 0.3) is 0 Å². The lowest BCUT2D eigenvalue weighted by Crippen LogP contribution is -2.48. The van der Waals surface area contributed by atoms with E-state index in [1.165, 1.54) is 30.4 Å². The van der Waals surface area contributed by atoms with Crippen molar-refractivity contribution in [2.45, 2.75) is 10.1 Å². The second kappa shape index (κ2) is 5.73. The van der Waals surface area contributed by atoms with Gasteiger partial charge in [-0.25, -0.2) is 18.5 Å². The van der Waals surface area contributed by atoms with Gasteiger partial charge in [-0.15, -0.1) is 11.6 Å². The minimum atomic E-state index is -4.09.